The molecule has 0 saturated heterocycles. The number of ether oxygens (including phenoxy) is 1. The molecule has 0 radical (unpaired) electrons. The number of carbonyl (C=O) groups excluding carboxylic acids is 1. The van der Waals surface area contributed by atoms with Crippen molar-refractivity contribution in [2.24, 2.45) is 46.3 Å². The van der Waals surface area contributed by atoms with Gasteiger partial charge in [0, 0.05) is 0 Å². The van der Waals surface area contributed by atoms with E-state index in [2.05, 4.69) is 65.0 Å². The first kappa shape index (κ1) is 28.5. The van der Waals surface area contributed by atoms with Gasteiger partial charge in [-0.3, -0.25) is 0 Å². The molecule has 0 aromatic heterocycles. The quantitative estimate of drug-likeness (QED) is 0.166. The van der Waals surface area contributed by atoms with Crippen molar-refractivity contribution >= 4 is 25.4 Å². The SMILES string of the molecule is CC(C)CCC[C@@H](C)[C@H]1CC[C@H]2[C@@H]3CC=C4C[C@@H](OC(=O)C[Se]c5ccccc5)CC[C@]4(C)[C@H]3CC[C@]12C. The van der Waals surface area contributed by atoms with Crippen LogP contribution in [-0.4, -0.2) is 27.0 Å². The Hall–Kier alpha value is -1.05. The number of benzene rings is 1. The fourth-order valence-corrected chi connectivity index (χ4v) is 11.1. The van der Waals surface area contributed by atoms with Gasteiger partial charge in [-0.25, -0.2) is 0 Å². The molecule has 3 saturated carbocycles. The van der Waals surface area contributed by atoms with E-state index in [0.717, 1.165) is 48.3 Å². The molecule has 0 spiro atoms. The summed E-state index contributed by atoms with van der Waals surface area (Å²) in [6.45, 7) is 12.6. The first-order chi connectivity index (χ1) is 18.2. The van der Waals surface area contributed by atoms with Gasteiger partial charge in [0.2, 0.25) is 0 Å². The van der Waals surface area contributed by atoms with Gasteiger partial charge in [-0.1, -0.05) is 40.0 Å². The van der Waals surface area contributed by atoms with Gasteiger partial charge in [-0.05, 0) is 11.8 Å². The number of rotatable bonds is 9. The van der Waals surface area contributed by atoms with Crippen LogP contribution in [0.1, 0.15) is 105 Å². The monoisotopic (exact) mass is 584 g/mol. The van der Waals surface area contributed by atoms with Crippen molar-refractivity contribution in [2.75, 3.05) is 0 Å². The van der Waals surface area contributed by atoms with Gasteiger partial charge in [0.1, 0.15) is 0 Å². The van der Waals surface area contributed by atoms with Crippen LogP contribution in [0.25, 0.3) is 0 Å². The maximum atomic E-state index is 12.7. The van der Waals surface area contributed by atoms with Crippen molar-refractivity contribution < 1.29 is 9.53 Å². The molecule has 4 aliphatic rings. The molecule has 0 bridgehead atoms. The van der Waals surface area contributed by atoms with Gasteiger partial charge in [0.05, 0.1) is 0 Å². The summed E-state index contributed by atoms with van der Waals surface area (Å²) in [5, 5.41) is 0.547. The molecular formula is C35H52O2Se. The molecule has 2 nitrogen and oxygen atoms in total. The Bertz CT molecular complexity index is 985. The molecule has 3 heteroatoms. The van der Waals surface area contributed by atoms with Gasteiger partial charge in [-0.15, -0.1) is 0 Å². The summed E-state index contributed by atoms with van der Waals surface area (Å²) in [5.41, 5.74) is 2.49. The van der Waals surface area contributed by atoms with Gasteiger partial charge in [0.15, 0.2) is 0 Å². The summed E-state index contributed by atoms with van der Waals surface area (Å²) >= 11 is 0.165. The molecule has 0 aliphatic heterocycles. The molecule has 8 atom stereocenters. The van der Waals surface area contributed by atoms with Crippen LogP contribution in [0, 0.1) is 46.3 Å². The zero-order valence-electron chi connectivity index (χ0n) is 24.7. The number of esters is 1. The summed E-state index contributed by atoms with van der Waals surface area (Å²) in [6.07, 6.45) is 17.2. The standard InChI is InChI=1S/C35H52O2Se/c1-24(2)10-9-11-25(3)30-16-17-31-29-15-14-26-22-27(37-33(36)23-38-28-12-7-6-8-13-28)18-20-34(26,4)32(29)19-21-35(30,31)5/h6-8,12-14,24-25,27,29-32H,9-11,15-23H2,1-5H3/t25-,27+,29+,30-,31+,32+,34+,35-/m1/s1. The number of allylic oxidation sites excluding steroid dienone is 1. The second kappa shape index (κ2) is 11.8. The van der Waals surface area contributed by atoms with Crippen LogP contribution in [0.15, 0.2) is 42.0 Å². The number of hydrogen-bond donors (Lipinski definition) is 0. The van der Waals surface area contributed by atoms with E-state index in [9.17, 15) is 4.79 Å². The van der Waals surface area contributed by atoms with Crippen molar-refractivity contribution in [1.29, 1.82) is 0 Å². The molecule has 0 N–H and O–H groups in total. The van der Waals surface area contributed by atoms with Crippen LogP contribution in [-0.2, 0) is 9.53 Å². The second-order valence-electron chi connectivity index (χ2n) is 14.2. The van der Waals surface area contributed by atoms with Crippen LogP contribution >= 0.6 is 0 Å². The molecule has 4 aliphatic carbocycles. The van der Waals surface area contributed by atoms with Gasteiger partial charge in [-0.2, -0.15) is 0 Å². The summed E-state index contributed by atoms with van der Waals surface area (Å²) in [7, 11) is 0. The van der Waals surface area contributed by atoms with E-state index >= 15 is 0 Å². The number of fused-ring (bicyclic) bond motifs is 5. The first-order valence-electron chi connectivity index (χ1n) is 15.8. The average molecular weight is 584 g/mol. The maximum absolute atomic E-state index is 12.7. The molecule has 0 amide bonds. The third kappa shape index (κ3) is 5.72. The van der Waals surface area contributed by atoms with E-state index < -0.39 is 0 Å². The first-order valence-corrected chi connectivity index (χ1v) is 17.8. The molecule has 38 heavy (non-hydrogen) atoms. The Balaban J connectivity index is 1.19. The Kier molecular flexibility index (Phi) is 8.86. The normalized spacial score (nSPS) is 37.1. The van der Waals surface area contributed by atoms with E-state index in [1.165, 1.54) is 62.2 Å². The predicted octanol–water partition coefficient (Wildman–Crippen LogP) is 8.39. The van der Waals surface area contributed by atoms with E-state index in [1.54, 1.807) is 5.57 Å². The Morgan fingerprint density at radius 3 is 2.55 bits per heavy atom. The van der Waals surface area contributed by atoms with E-state index in [0.29, 0.717) is 16.1 Å². The Morgan fingerprint density at radius 2 is 1.79 bits per heavy atom. The van der Waals surface area contributed by atoms with E-state index in [4.69, 9.17) is 4.74 Å². The second-order valence-corrected chi connectivity index (χ2v) is 16.4. The molecule has 0 unspecified atom stereocenters. The van der Waals surface area contributed by atoms with Crippen LogP contribution in [0.3, 0.4) is 0 Å². The fraction of sp³-hybridized carbons (Fsp3) is 0.743. The van der Waals surface area contributed by atoms with Crippen molar-refractivity contribution in [2.45, 2.75) is 117 Å². The summed E-state index contributed by atoms with van der Waals surface area (Å²) < 4.78 is 7.33. The van der Waals surface area contributed by atoms with Crippen molar-refractivity contribution in [3.8, 4) is 0 Å². The van der Waals surface area contributed by atoms with Gasteiger partial charge < -0.3 is 0 Å². The fourth-order valence-electron chi connectivity index (χ4n) is 9.63. The average Bonchev–Trinajstić information content (AvgIpc) is 3.25. The predicted molar refractivity (Wildman–Crippen MR) is 160 cm³/mol. The van der Waals surface area contributed by atoms with E-state index in [1.807, 2.05) is 6.07 Å². The summed E-state index contributed by atoms with van der Waals surface area (Å²) in [5.74, 6) is 5.23. The van der Waals surface area contributed by atoms with Crippen molar-refractivity contribution in [3.63, 3.8) is 0 Å². The molecule has 1 aromatic carbocycles. The van der Waals surface area contributed by atoms with Crippen LogP contribution in [0.5, 0.6) is 0 Å². The van der Waals surface area contributed by atoms with Crippen molar-refractivity contribution in [1.82, 2.24) is 0 Å². The van der Waals surface area contributed by atoms with Gasteiger partial charge in [0.25, 0.3) is 0 Å². The van der Waals surface area contributed by atoms with Gasteiger partial charge >= 0.3 is 188 Å². The minimum absolute atomic E-state index is 0.00434. The Labute approximate surface area is 239 Å². The zero-order valence-corrected chi connectivity index (χ0v) is 26.4. The molecule has 5 rings (SSSR count). The third-order valence-electron chi connectivity index (χ3n) is 11.7. The summed E-state index contributed by atoms with van der Waals surface area (Å²) in [4.78, 5) is 12.7. The molecule has 3 fully saturated rings. The van der Waals surface area contributed by atoms with Crippen molar-refractivity contribution in [3.05, 3.63) is 42.0 Å². The summed E-state index contributed by atoms with van der Waals surface area (Å²) in [6, 6.07) is 10.4. The van der Waals surface area contributed by atoms with Crippen LogP contribution in [0.4, 0.5) is 0 Å². The topological polar surface area (TPSA) is 26.3 Å². The number of carbonyl (C=O) groups is 1. The van der Waals surface area contributed by atoms with Crippen LogP contribution < -0.4 is 4.46 Å². The molecular weight excluding hydrogens is 531 g/mol. The number of hydrogen-bond acceptors (Lipinski definition) is 2. The third-order valence-corrected chi connectivity index (χ3v) is 13.7. The minimum atomic E-state index is 0.00434. The van der Waals surface area contributed by atoms with E-state index in [-0.39, 0.29) is 27.0 Å². The Morgan fingerprint density at radius 1 is 1.00 bits per heavy atom. The molecule has 1 aromatic rings. The zero-order chi connectivity index (χ0) is 26.9. The molecule has 210 valence electrons. The molecule has 0 heterocycles. The van der Waals surface area contributed by atoms with Crippen LogP contribution in [0.2, 0.25) is 5.32 Å².